The fourth-order valence-electron chi connectivity index (χ4n) is 3.27. The van der Waals surface area contributed by atoms with Gasteiger partial charge in [-0.05, 0) is 36.0 Å². The van der Waals surface area contributed by atoms with Crippen LogP contribution < -0.4 is 9.47 Å². The second-order valence-electron chi connectivity index (χ2n) is 6.66. The third-order valence-electron chi connectivity index (χ3n) is 4.66. The van der Waals surface area contributed by atoms with E-state index in [0.717, 1.165) is 17.1 Å². The Bertz CT molecular complexity index is 480. The first-order valence-corrected chi connectivity index (χ1v) is 8.06. The highest BCUT2D eigenvalue weighted by molar-refractivity contribution is 6.21. The zero-order chi connectivity index (χ0) is 14.2. The predicted molar refractivity (Wildman–Crippen MR) is 81.8 cm³/mol. The number of ether oxygens (including phenoxy) is 2. The summed E-state index contributed by atoms with van der Waals surface area (Å²) in [5.74, 6) is 2.11. The summed E-state index contributed by atoms with van der Waals surface area (Å²) in [6, 6.07) is 6.18. The Morgan fingerprint density at radius 2 is 1.80 bits per heavy atom. The van der Waals surface area contributed by atoms with E-state index < -0.39 is 0 Å². The number of hydrogen-bond acceptors (Lipinski definition) is 2. The molecule has 2 atom stereocenters. The van der Waals surface area contributed by atoms with Gasteiger partial charge in [0.15, 0.2) is 11.5 Å². The monoisotopic (exact) mass is 294 g/mol. The Morgan fingerprint density at radius 1 is 1.15 bits per heavy atom. The minimum Gasteiger partial charge on any atom is -0.489 e. The van der Waals surface area contributed by atoms with E-state index in [0.29, 0.717) is 19.1 Å². The van der Waals surface area contributed by atoms with Crippen molar-refractivity contribution >= 4 is 11.6 Å². The average molecular weight is 295 g/mol. The van der Waals surface area contributed by atoms with E-state index in [-0.39, 0.29) is 10.8 Å². The number of fused-ring (bicyclic) bond motifs is 1. The number of hydrogen-bond donors (Lipinski definition) is 0. The van der Waals surface area contributed by atoms with Crippen molar-refractivity contribution < 1.29 is 9.47 Å². The molecule has 0 radical (unpaired) electrons. The van der Waals surface area contributed by atoms with Gasteiger partial charge in [0, 0.05) is 5.92 Å². The SMILES string of the molecule is CC1COc2ccc(C(Cl)C3(C)CCCC3)cc2OC1. The van der Waals surface area contributed by atoms with Crippen molar-refractivity contribution in [3.05, 3.63) is 23.8 Å². The molecule has 0 bridgehead atoms. The van der Waals surface area contributed by atoms with Gasteiger partial charge < -0.3 is 9.47 Å². The average Bonchev–Trinajstić information content (AvgIpc) is 2.81. The summed E-state index contributed by atoms with van der Waals surface area (Å²) in [5, 5.41) is 0.0552. The first kappa shape index (κ1) is 14.1. The lowest BCUT2D eigenvalue weighted by Gasteiger charge is -2.30. The zero-order valence-corrected chi connectivity index (χ0v) is 13.1. The normalized spacial score (nSPS) is 26.1. The molecule has 1 aliphatic heterocycles. The Kier molecular flexibility index (Phi) is 3.85. The van der Waals surface area contributed by atoms with Crippen LogP contribution in [0.2, 0.25) is 0 Å². The fourth-order valence-corrected chi connectivity index (χ4v) is 3.62. The minimum atomic E-state index is 0.0552. The molecule has 1 fully saturated rings. The van der Waals surface area contributed by atoms with Gasteiger partial charge in [0.25, 0.3) is 0 Å². The van der Waals surface area contributed by atoms with E-state index in [1.807, 2.05) is 6.07 Å². The molecule has 3 heteroatoms. The van der Waals surface area contributed by atoms with Crippen molar-refractivity contribution in [2.75, 3.05) is 13.2 Å². The van der Waals surface area contributed by atoms with Crippen molar-refractivity contribution in [1.29, 1.82) is 0 Å². The summed E-state index contributed by atoms with van der Waals surface area (Å²) < 4.78 is 11.6. The van der Waals surface area contributed by atoms with E-state index in [1.165, 1.54) is 25.7 Å². The van der Waals surface area contributed by atoms with Gasteiger partial charge in [-0.2, -0.15) is 0 Å². The van der Waals surface area contributed by atoms with Gasteiger partial charge in [-0.3, -0.25) is 0 Å². The van der Waals surface area contributed by atoms with Gasteiger partial charge in [-0.25, -0.2) is 0 Å². The fraction of sp³-hybridized carbons (Fsp3) is 0.647. The minimum absolute atomic E-state index is 0.0552. The van der Waals surface area contributed by atoms with Crippen LogP contribution in [0.1, 0.15) is 50.5 Å². The summed E-state index contributed by atoms with van der Waals surface area (Å²) in [4.78, 5) is 0. The summed E-state index contributed by atoms with van der Waals surface area (Å²) in [6.45, 7) is 5.87. The molecule has 2 unspecified atom stereocenters. The third kappa shape index (κ3) is 2.63. The van der Waals surface area contributed by atoms with Gasteiger partial charge in [-0.15, -0.1) is 11.6 Å². The van der Waals surface area contributed by atoms with E-state index in [9.17, 15) is 0 Å². The Labute approximate surface area is 126 Å². The molecule has 0 amide bonds. The van der Waals surface area contributed by atoms with Gasteiger partial charge in [0.1, 0.15) is 0 Å². The predicted octanol–water partition coefficient (Wildman–Crippen LogP) is 4.95. The van der Waals surface area contributed by atoms with Gasteiger partial charge in [0.2, 0.25) is 0 Å². The van der Waals surface area contributed by atoms with Crippen LogP contribution >= 0.6 is 11.6 Å². The van der Waals surface area contributed by atoms with Gasteiger partial charge >= 0.3 is 0 Å². The lowest BCUT2D eigenvalue weighted by atomic mass is 9.81. The lowest BCUT2D eigenvalue weighted by molar-refractivity contribution is 0.228. The van der Waals surface area contributed by atoms with Crippen LogP contribution in [0.4, 0.5) is 0 Å². The first-order valence-electron chi connectivity index (χ1n) is 7.62. The van der Waals surface area contributed by atoms with Crippen LogP contribution in [-0.2, 0) is 0 Å². The second-order valence-corrected chi connectivity index (χ2v) is 7.09. The standard InChI is InChI=1S/C17H23ClO2/c1-12-10-19-14-6-5-13(9-15(14)20-11-12)16(18)17(2)7-3-4-8-17/h5-6,9,12,16H,3-4,7-8,10-11H2,1-2H3. The van der Waals surface area contributed by atoms with Crippen molar-refractivity contribution in [2.24, 2.45) is 11.3 Å². The molecule has 1 heterocycles. The van der Waals surface area contributed by atoms with Crippen molar-refractivity contribution in [2.45, 2.75) is 44.9 Å². The molecule has 3 rings (SSSR count). The molecule has 20 heavy (non-hydrogen) atoms. The molecule has 1 saturated carbocycles. The summed E-state index contributed by atoms with van der Waals surface area (Å²) in [6.07, 6.45) is 5.02. The lowest BCUT2D eigenvalue weighted by Crippen LogP contribution is -2.18. The Hall–Kier alpha value is -0.890. The van der Waals surface area contributed by atoms with Crippen molar-refractivity contribution in [3.8, 4) is 11.5 Å². The molecule has 0 N–H and O–H groups in total. The van der Waals surface area contributed by atoms with E-state index >= 15 is 0 Å². The molecule has 1 aromatic carbocycles. The number of rotatable bonds is 2. The smallest absolute Gasteiger partial charge is 0.161 e. The molecule has 1 aromatic rings. The van der Waals surface area contributed by atoms with Crippen LogP contribution in [0.25, 0.3) is 0 Å². The quantitative estimate of drug-likeness (QED) is 0.718. The van der Waals surface area contributed by atoms with Crippen LogP contribution in [-0.4, -0.2) is 13.2 Å². The Balaban J connectivity index is 1.85. The van der Waals surface area contributed by atoms with Crippen molar-refractivity contribution in [1.82, 2.24) is 0 Å². The third-order valence-corrected chi connectivity index (χ3v) is 5.44. The van der Waals surface area contributed by atoms with Crippen LogP contribution in [0, 0.1) is 11.3 Å². The number of benzene rings is 1. The molecular weight excluding hydrogens is 272 g/mol. The first-order chi connectivity index (χ1) is 9.58. The van der Waals surface area contributed by atoms with Crippen LogP contribution in [0.3, 0.4) is 0 Å². The molecule has 0 aromatic heterocycles. The molecule has 0 spiro atoms. The highest BCUT2D eigenvalue weighted by Crippen LogP contribution is 2.51. The molecule has 1 aliphatic carbocycles. The second kappa shape index (κ2) is 5.48. The largest absolute Gasteiger partial charge is 0.489 e. The molecule has 110 valence electrons. The molecule has 2 nitrogen and oxygen atoms in total. The van der Waals surface area contributed by atoms with Gasteiger partial charge in [0.05, 0.1) is 18.6 Å². The highest BCUT2D eigenvalue weighted by atomic mass is 35.5. The van der Waals surface area contributed by atoms with Crippen LogP contribution in [0.15, 0.2) is 18.2 Å². The molecule has 0 saturated heterocycles. The maximum atomic E-state index is 6.77. The maximum Gasteiger partial charge on any atom is 0.161 e. The van der Waals surface area contributed by atoms with E-state index in [1.54, 1.807) is 0 Å². The van der Waals surface area contributed by atoms with E-state index in [4.69, 9.17) is 21.1 Å². The van der Waals surface area contributed by atoms with Crippen LogP contribution in [0.5, 0.6) is 11.5 Å². The summed E-state index contributed by atoms with van der Waals surface area (Å²) in [7, 11) is 0. The van der Waals surface area contributed by atoms with E-state index in [2.05, 4.69) is 26.0 Å². The highest BCUT2D eigenvalue weighted by Gasteiger charge is 2.37. The molecule has 2 aliphatic rings. The maximum absolute atomic E-state index is 6.77. The number of halogens is 1. The Morgan fingerprint density at radius 3 is 2.50 bits per heavy atom. The summed E-state index contributed by atoms with van der Waals surface area (Å²) >= 11 is 6.77. The summed E-state index contributed by atoms with van der Waals surface area (Å²) in [5.41, 5.74) is 1.38. The molecular formula is C17H23ClO2. The van der Waals surface area contributed by atoms with Crippen molar-refractivity contribution in [3.63, 3.8) is 0 Å². The zero-order valence-electron chi connectivity index (χ0n) is 12.3. The number of alkyl halides is 1. The van der Waals surface area contributed by atoms with Gasteiger partial charge in [-0.1, -0.05) is 32.8 Å². The topological polar surface area (TPSA) is 18.5 Å².